The first-order chi connectivity index (χ1) is 11.0. The van der Waals surface area contributed by atoms with Crippen LogP contribution in [-0.2, 0) is 4.79 Å². The molecular formula is C18H37IN4O. The molecule has 0 bridgehead atoms. The zero-order chi connectivity index (χ0) is 17.2. The van der Waals surface area contributed by atoms with Gasteiger partial charge in [-0.2, -0.15) is 0 Å². The van der Waals surface area contributed by atoms with Gasteiger partial charge in [-0.05, 0) is 25.7 Å². The molecule has 2 N–H and O–H groups in total. The van der Waals surface area contributed by atoms with Crippen molar-refractivity contribution in [3.05, 3.63) is 0 Å². The summed E-state index contributed by atoms with van der Waals surface area (Å²) in [6.07, 6.45) is 4.34. The molecule has 1 amide bonds. The third-order valence-electron chi connectivity index (χ3n) is 4.65. The monoisotopic (exact) mass is 452 g/mol. The first kappa shape index (κ1) is 23.5. The van der Waals surface area contributed by atoms with Gasteiger partial charge in [0.2, 0.25) is 5.91 Å². The van der Waals surface area contributed by atoms with Crippen LogP contribution in [0.3, 0.4) is 0 Å². The maximum atomic E-state index is 12.0. The molecule has 0 aromatic heterocycles. The van der Waals surface area contributed by atoms with Crippen LogP contribution >= 0.6 is 24.0 Å². The Morgan fingerprint density at radius 2 is 1.75 bits per heavy atom. The average molecular weight is 452 g/mol. The van der Waals surface area contributed by atoms with E-state index in [9.17, 15) is 4.79 Å². The molecule has 0 aromatic rings. The molecule has 6 heteroatoms. The summed E-state index contributed by atoms with van der Waals surface area (Å²) >= 11 is 0. The van der Waals surface area contributed by atoms with Crippen LogP contribution < -0.4 is 10.6 Å². The number of guanidine groups is 1. The molecule has 0 aromatic carbocycles. The van der Waals surface area contributed by atoms with Crippen LogP contribution in [0.5, 0.6) is 0 Å². The predicted molar refractivity (Wildman–Crippen MR) is 113 cm³/mol. The molecule has 1 aliphatic rings. The first-order valence-electron chi connectivity index (χ1n) is 9.35. The summed E-state index contributed by atoms with van der Waals surface area (Å²) < 4.78 is 0. The molecule has 1 saturated heterocycles. The van der Waals surface area contributed by atoms with Crippen LogP contribution in [-0.4, -0.2) is 49.0 Å². The molecule has 142 valence electrons. The fourth-order valence-electron chi connectivity index (χ4n) is 2.89. The number of halogens is 1. The molecule has 0 saturated carbocycles. The van der Waals surface area contributed by atoms with Gasteiger partial charge in [-0.1, -0.05) is 40.5 Å². The molecule has 1 rings (SSSR count). The number of carbonyl (C=O) groups excluding carboxylic acids is 1. The van der Waals surface area contributed by atoms with E-state index in [0.717, 1.165) is 45.0 Å². The second-order valence-electron chi connectivity index (χ2n) is 6.80. The van der Waals surface area contributed by atoms with E-state index < -0.39 is 0 Å². The third kappa shape index (κ3) is 8.03. The summed E-state index contributed by atoms with van der Waals surface area (Å²) in [6, 6.07) is 0.408. The zero-order valence-electron chi connectivity index (χ0n) is 16.1. The standard InChI is InChI=1S/C18H36N4O.HI/c1-6-15(7-2)13-20-18(19-8-3)21-16-9-11-22(12-10-16)17(23)14(4)5;/h14-16H,6-13H2,1-5H3,(H2,19,20,21);1H. The molecule has 1 fully saturated rings. The predicted octanol–water partition coefficient (Wildman–Crippen LogP) is 3.24. The van der Waals surface area contributed by atoms with Crippen LogP contribution in [0.25, 0.3) is 0 Å². The molecule has 1 heterocycles. The van der Waals surface area contributed by atoms with Crippen LogP contribution in [0, 0.1) is 11.8 Å². The Morgan fingerprint density at radius 3 is 2.21 bits per heavy atom. The van der Waals surface area contributed by atoms with Crippen LogP contribution in [0.15, 0.2) is 4.99 Å². The molecule has 1 aliphatic heterocycles. The summed E-state index contributed by atoms with van der Waals surface area (Å²) in [6.45, 7) is 13.9. The number of nitrogens with one attached hydrogen (secondary N) is 2. The van der Waals surface area contributed by atoms with Crippen LogP contribution in [0.1, 0.15) is 60.3 Å². The summed E-state index contributed by atoms with van der Waals surface area (Å²) in [5.41, 5.74) is 0. The molecular weight excluding hydrogens is 415 g/mol. The van der Waals surface area contributed by atoms with Crippen LogP contribution in [0.2, 0.25) is 0 Å². The average Bonchev–Trinajstić information content (AvgIpc) is 2.55. The van der Waals surface area contributed by atoms with Gasteiger partial charge >= 0.3 is 0 Å². The summed E-state index contributed by atoms with van der Waals surface area (Å²) in [7, 11) is 0. The maximum Gasteiger partial charge on any atom is 0.225 e. The molecule has 0 unspecified atom stereocenters. The van der Waals surface area contributed by atoms with Gasteiger partial charge in [0.15, 0.2) is 5.96 Å². The molecule has 0 aliphatic carbocycles. The van der Waals surface area contributed by atoms with E-state index in [-0.39, 0.29) is 35.8 Å². The van der Waals surface area contributed by atoms with E-state index in [1.54, 1.807) is 0 Å². The molecule has 0 radical (unpaired) electrons. The van der Waals surface area contributed by atoms with Crippen molar-refractivity contribution in [2.24, 2.45) is 16.8 Å². The molecule has 5 nitrogen and oxygen atoms in total. The third-order valence-corrected chi connectivity index (χ3v) is 4.65. The highest BCUT2D eigenvalue weighted by Crippen LogP contribution is 2.13. The highest BCUT2D eigenvalue weighted by molar-refractivity contribution is 14.0. The SMILES string of the molecule is CCNC(=NCC(CC)CC)NC1CCN(C(=O)C(C)C)CC1.I. The normalized spacial score (nSPS) is 16.3. The van der Waals surface area contributed by atoms with Crippen molar-refractivity contribution in [1.82, 2.24) is 15.5 Å². The Hall–Kier alpha value is -0.530. The minimum absolute atomic E-state index is 0. The van der Waals surface area contributed by atoms with Crippen molar-refractivity contribution in [2.75, 3.05) is 26.2 Å². The number of hydrogen-bond acceptors (Lipinski definition) is 2. The van der Waals surface area contributed by atoms with Crippen molar-refractivity contribution in [3.8, 4) is 0 Å². The second kappa shape index (κ2) is 12.8. The number of likely N-dealkylation sites (tertiary alicyclic amines) is 1. The van der Waals surface area contributed by atoms with E-state index in [2.05, 4.69) is 31.4 Å². The van der Waals surface area contributed by atoms with Gasteiger partial charge in [0, 0.05) is 38.1 Å². The van der Waals surface area contributed by atoms with Crippen molar-refractivity contribution in [1.29, 1.82) is 0 Å². The number of piperidine rings is 1. The van der Waals surface area contributed by atoms with Crippen molar-refractivity contribution in [3.63, 3.8) is 0 Å². The fourth-order valence-corrected chi connectivity index (χ4v) is 2.89. The van der Waals surface area contributed by atoms with Gasteiger partial charge in [0.05, 0.1) is 0 Å². The summed E-state index contributed by atoms with van der Waals surface area (Å²) in [5.74, 6) is 1.96. The lowest BCUT2D eigenvalue weighted by molar-refractivity contribution is -0.135. The van der Waals surface area contributed by atoms with E-state index >= 15 is 0 Å². The van der Waals surface area contributed by atoms with Gasteiger partial charge in [-0.3, -0.25) is 9.79 Å². The second-order valence-corrected chi connectivity index (χ2v) is 6.80. The lowest BCUT2D eigenvalue weighted by atomic mass is 10.0. The van der Waals surface area contributed by atoms with E-state index in [1.165, 1.54) is 12.8 Å². The smallest absolute Gasteiger partial charge is 0.225 e. The van der Waals surface area contributed by atoms with E-state index in [0.29, 0.717) is 12.0 Å². The number of carbonyl (C=O) groups is 1. The van der Waals surface area contributed by atoms with Gasteiger partial charge < -0.3 is 15.5 Å². The Bertz CT molecular complexity index is 375. The highest BCUT2D eigenvalue weighted by atomic mass is 127. The summed E-state index contributed by atoms with van der Waals surface area (Å²) in [4.78, 5) is 18.8. The number of amides is 1. The van der Waals surface area contributed by atoms with E-state index in [1.807, 2.05) is 18.7 Å². The Kier molecular flexibility index (Phi) is 12.5. The Balaban J connectivity index is 0.00000529. The lowest BCUT2D eigenvalue weighted by Crippen LogP contribution is -2.50. The van der Waals surface area contributed by atoms with Crippen molar-refractivity contribution >= 4 is 35.8 Å². The topological polar surface area (TPSA) is 56.7 Å². The maximum absolute atomic E-state index is 12.0. The Morgan fingerprint density at radius 1 is 1.17 bits per heavy atom. The number of nitrogens with zero attached hydrogens (tertiary/aromatic N) is 2. The van der Waals surface area contributed by atoms with Gasteiger partial charge in [-0.25, -0.2) is 0 Å². The lowest BCUT2D eigenvalue weighted by Gasteiger charge is -2.34. The minimum atomic E-state index is 0. The van der Waals surface area contributed by atoms with Crippen molar-refractivity contribution in [2.45, 2.75) is 66.3 Å². The highest BCUT2D eigenvalue weighted by Gasteiger charge is 2.24. The Labute approximate surface area is 165 Å². The quantitative estimate of drug-likeness (QED) is 0.354. The fraction of sp³-hybridized carbons (Fsp3) is 0.889. The minimum Gasteiger partial charge on any atom is -0.357 e. The van der Waals surface area contributed by atoms with Crippen molar-refractivity contribution < 1.29 is 4.79 Å². The molecule has 0 spiro atoms. The summed E-state index contributed by atoms with van der Waals surface area (Å²) in [5, 5.41) is 6.89. The molecule has 0 atom stereocenters. The first-order valence-corrected chi connectivity index (χ1v) is 9.35. The largest absolute Gasteiger partial charge is 0.357 e. The molecule has 24 heavy (non-hydrogen) atoms. The number of hydrogen-bond donors (Lipinski definition) is 2. The van der Waals surface area contributed by atoms with Gasteiger partial charge in [-0.15, -0.1) is 24.0 Å². The zero-order valence-corrected chi connectivity index (χ0v) is 18.4. The van der Waals surface area contributed by atoms with E-state index in [4.69, 9.17) is 4.99 Å². The van der Waals surface area contributed by atoms with Gasteiger partial charge in [0.25, 0.3) is 0 Å². The van der Waals surface area contributed by atoms with Gasteiger partial charge in [0.1, 0.15) is 0 Å². The van der Waals surface area contributed by atoms with Crippen LogP contribution in [0.4, 0.5) is 0 Å². The number of aliphatic imine (C=N–C) groups is 1. The number of rotatable bonds is 7.